The Morgan fingerprint density at radius 1 is 1.33 bits per heavy atom. The first-order valence-corrected chi connectivity index (χ1v) is 5.20. The Morgan fingerprint density at radius 3 is 2.27 bits per heavy atom. The molecule has 4 heteroatoms. The Bertz CT molecular complexity index is 384. The van der Waals surface area contributed by atoms with Gasteiger partial charge in [0.2, 0.25) is 5.12 Å². The Balaban J connectivity index is 3.11. The zero-order chi connectivity index (χ0) is 11.4. The van der Waals surface area contributed by atoms with Crippen molar-refractivity contribution < 1.29 is 4.79 Å². The predicted molar refractivity (Wildman–Crippen MR) is 67.1 cm³/mol. The van der Waals surface area contributed by atoms with Gasteiger partial charge in [0.1, 0.15) is 0 Å². The molecule has 0 unspecified atom stereocenters. The molecule has 0 saturated heterocycles. The first-order valence-electron chi connectivity index (χ1n) is 4.38. The third-order valence-electron chi connectivity index (χ3n) is 1.77. The molecule has 0 radical (unpaired) electrons. The zero-order valence-electron chi connectivity index (χ0n) is 8.57. The van der Waals surface area contributed by atoms with Crippen LogP contribution < -0.4 is 0 Å². The third-order valence-corrected chi connectivity index (χ3v) is 2.27. The number of rotatable bonds is 3. The van der Waals surface area contributed by atoms with Gasteiger partial charge < -0.3 is 4.90 Å². The van der Waals surface area contributed by atoms with E-state index < -0.39 is 0 Å². The van der Waals surface area contributed by atoms with Gasteiger partial charge in [0.25, 0.3) is 0 Å². The predicted octanol–water partition coefficient (Wildman–Crippen LogP) is 2.70. The summed E-state index contributed by atoms with van der Waals surface area (Å²) in [7, 11) is 3.71. The Labute approximate surface area is 99.9 Å². The van der Waals surface area contributed by atoms with Gasteiger partial charge in [0.05, 0.1) is 5.57 Å². The minimum atomic E-state index is -0.258. The highest BCUT2D eigenvalue weighted by Crippen LogP contribution is 2.19. The van der Waals surface area contributed by atoms with E-state index >= 15 is 0 Å². The molecule has 0 bridgehead atoms. The van der Waals surface area contributed by atoms with E-state index in [0.717, 1.165) is 5.56 Å². The van der Waals surface area contributed by atoms with E-state index in [1.165, 1.54) is 0 Å². The second kappa shape index (κ2) is 5.24. The van der Waals surface area contributed by atoms with Crippen LogP contribution in [0.4, 0.5) is 0 Å². The molecular formula is C11H12ClNOS. The van der Waals surface area contributed by atoms with Crippen LogP contribution >= 0.6 is 24.2 Å². The molecule has 0 fully saturated rings. The summed E-state index contributed by atoms with van der Waals surface area (Å²) in [5.74, 6) is 0. The minimum absolute atomic E-state index is 0.258. The summed E-state index contributed by atoms with van der Waals surface area (Å²) in [5, 5.41) is 0.389. The third kappa shape index (κ3) is 3.61. The lowest BCUT2D eigenvalue weighted by atomic mass is 10.1. The standard InChI is InChI=1S/C11H12ClNOS/c1-13(2)7-10(11(14)15)8-3-5-9(12)6-4-8/h3-7H,1-2H3,(H,14,15). The summed E-state index contributed by atoms with van der Waals surface area (Å²) in [6.07, 6.45) is 1.73. The van der Waals surface area contributed by atoms with Crippen LogP contribution in [-0.4, -0.2) is 24.1 Å². The molecule has 0 amide bonds. The van der Waals surface area contributed by atoms with Crippen LogP contribution in [0.5, 0.6) is 0 Å². The lowest BCUT2D eigenvalue weighted by Crippen LogP contribution is -2.05. The number of hydrogen-bond acceptors (Lipinski definition) is 2. The molecule has 0 N–H and O–H groups in total. The van der Waals surface area contributed by atoms with Gasteiger partial charge in [-0.05, 0) is 17.7 Å². The van der Waals surface area contributed by atoms with Crippen LogP contribution in [0, 0.1) is 0 Å². The maximum Gasteiger partial charge on any atom is 0.218 e. The van der Waals surface area contributed by atoms with E-state index in [-0.39, 0.29) is 5.12 Å². The molecule has 0 saturated carbocycles. The van der Waals surface area contributed by atoms with Crippen LogP contribution in [0.15, 0.2) is 30.5 Å². The second-order valence-electron chi connectivity index (χ2n) is 3.32. The molecular weight excluding hydrogens is 230 g/mol. The number of carbonyl (C=O) groups excluding carboxylic acids is 1. The minimum Gasteiger partial charge on any atom is -0.383 e. The van der Waals surface area contributed by atoms with Gasteiger partial charge in [0.15, 0.2) is 0 Å². The molecule has 0 heterocycles. The van der Waals surface area contributed by atoms with Crippen molar-refractivity contribution in [3.63, 3.8) is 0 Å². The van der Waals surface area contributed by atoms with Gasteiger partial charge in [-0.2, -0.15) is 0 Å². The fraction of sp³-hybridized carbons (Fsp3) is 0.182. The van der Waals surface area contributed by atoms with E-state index in [1.807, 2.05) is 14.1 Å². The van der Waals surface area contributed by atoms with Gasteiger partial charge in [-0.25, -0.2) is 0 Å². The van der Waals surface area contributed by atoms with Gasteiger partial charge in [0, 0.05) is 25.3 Å². The van der Waals surface area contributed by atoms with Gasteiger partial charge >= 0.3 is 0 Å². The molecule has 80 valence electrons. The Hall–Kier alpha value is -0.930. The highest BCUT2D eigenvalue weighted by molar-refractivity contribution is 7.98. The van der Waals surface area contributed by atoms with Gasteiger partial charge in [-0.3, -0.25) is 4.79 Å². The van der Waals surface area contributed by atoms with Gasteiger partial charge in [-0.15, -0.1) is 12.6 Å². The fourth-order valence-electron chi connectivity index (χ4n) is 1.14. The molecule has 0 aliphatic heterocycles. The lowest BCUT2D eigenvalue weighted by Gasteiger charge is -2.09. The van der Waals surface area contributed by atoms with Gasteiger partial charge in [-0.1, -0.05) is 23.7 Å². The van der Waals surface area contributed by atoms with Crippen LogP contribution in [-0.2, 0) is 4.79 Å². The quantitative estimate of drug-likeness (QED) is 0.649. The van der Waals surface area contributed by atoms with E-state index in [4.69, 9.17) is 11.6 Å². The monoisotopic (exact) mass is 241 g/mol. The molecule has 2 nitrogen and oxygen atoms in total. The second-order valence-corrected chi connectivity index (χ2v) is 4.16. The van der Waals surface area contributed by atoms with Crippen molar-refractivity contribution in [1.82, 2.24) is 4.90 Å². The number of nitrogens with zero attached hydrogens (tertiary/aromatic N) is 1. The highest BCUT2D eigenvalue weighted by atomic mass is 35.5. The molecule has 1 aromatic rings. The molecule has 1 aromatic carbocycles. The maximum absolute atomic E-state index is 11.3. The Kier molecular flexibility index (Phi) is 4.24. The highest BCUT2D eigenvalue weighted by Gasteiger charge is 2.08. The van der Waals surface area contributed by atoms with Crippen LogP contribution in [0.25, 0.3) is 5.57 Å². The number of benzene rings is 1. The smallest absolute Gasteiger partial charge is 0.218 e. The van der Waals surface area contributed by atoms with Crippen LogP contribution in [0.2, 0.25) is 5.02 Å². The molecule has 1 rings (SSSR count). The van der Waals surface area contributed by atoms with Crippen molar-refractivity contribution in [2.24, 2.45) is 0 Å². The average molecular weight is 242 g/mol. The van der Waals surface area contributed by atoms with Crippen molar-refractivity contribution >= 4 is 34.9 Å². The van der Waals surface area contributed by atoms with E-state index in [1.54, 1.807) is 35.4 Å². The van der Waals surface area contributed by atoms with E-state index in [9.17, 15) is 4.79 Å². The largest absolute Gasteiger partial charge is 0.383 e. The lowest BCUT2D eigenvalue weighted by molar-refractivity contribution is -0.106. The summed E-state index contributed by atoms with van der Waals surface area (Å²) < 4.78 is 0. The van der Waals surface area contributed by atoms with E-state index in [0.29, 0.717) is 10.6 Å². The van der Waals surface area contributed by atoms with Crippen molar-refractivity contribution in [2.45, 2.75) is 0 Å². The number of halogens is 1. The van der Waals surface area contributed by atoms with Crippen molar-refractivity contribution in [3.05, 3.63) is 41.1 Å². The Morgan fingerprint density at radius 2 is 1.87 bits per heavy atom. The summed E-state index contributed by atoms with van der Waals surface area (Å²) in [6, 6.07) is 7.09. The molecule has 15 heavy (non-hydrogen) atoms. The average Bonchev–Trinajstić information content (AvgIpc) is 2.15. The number of thiol groups is 1. The van der Waals surface area contributed by atoms with Crippen molar-refractivity contribution in [3.8, 4) is 0 Å². The van der Waals surface area contributed by atoms with Crippen molar-refractivity contribution in [1.29, 1.82) is 0 Å². The number of hydrogen-bond donors (Lipinski definition) is 1. The topological polar surface area (TPSA) is 20.3 Å². The fourth-order valence-corrected chi connectivity index (χ4v) is 1.45. The zero-order valence-corrected chi connectivity index (χ0v) is 10.2. The summed E-state index contributed by atoms with van der Waals surface area (Å²) in [5.41, 5.74) is 1.37. The molecule has 0 aliphatic carbocycles. The molecule has 0 aliphatic rings. The first-order chi connectivity index (χ1) is 7.00. The maximum atomic E-state index is 11.3. The first kappa shape index (κ1) is 12.1. The van der Waals surface area contributed by atoms with Crippen LogP contribution in [0.1, 0.15) is 5.56 Å². The van der Waals surface area contributed by atoms with Crippen LogP contribution in [0.3, 0.4) is 0 Å². The summed E-state index contributed by atoms with van der Waals surface area (Å²) in [6.45, 7) is 0. The van der Waals surface area contributed by atoms with Crippen molar-refractivity contribution in [2.75, 3.05) is 14.1 Å². The summed E-state index contributed by atoms with van der Waals surface area (Å²) >= 11 is 9.61. The van der Waals surface area contributed by atoms with E-state index in [2.05, 4.69) is 12.6 Å². The molecule has 0 atom stereocenters. The number of carbonyl (C=O) groups is 1. The molecule has 0 spiro atoms. The normalized spacial score (nSPS) is 11.3. The SMILES string of the molecule is CN(C)C=C(C(=O)S)c1ccc(Cl)cc1. The summed E-state index contributed by atoms with van der Waals surface area (Å²) in [4.78, 5) is 13.1. The molecule has 0 aromatic heterocycles.